The van der Waals surface area contributed by atoms with E-state index in [1.807, 2.05) is 31.2 Å². The van der Waals surface area contributed by atoms with E-state index in [4.69, 9.17) is 14.7 Å². The van der Waals surface area contributed by atoms with Gasteiger partial charge < -0.3 is 25.2 Å². The lowest BCUT2D eigenvalue weighted by molar-refractivity contribution is 0.122. The summed E-state index contributed by atoms with van der Waals surface area (Å²) >= 11 is 0. The van der Waals surface area contributed by atoms with Crippen molar-refractivity contribution in [1.29, 1.82) is 5.26 Å². The molecule has 1 fully saturated rings. The van der Waals surface area contributed by atoms with Crippen LogP contribution >= 0.6 is 0 Å². The number of nitrogens with zero attached hydrogens (tertiary/aromatic N) is 6. The van der Waals surface area contributed by atoms with Gasteiger partial charge in [0.2, 0.25) is 0 Å². The van der Waals surface area contributed by atoms with Gasteiger partial charge >= 0.3 is 6.03 Å². The Morgan fingerprint density at radius 2 is 1.89 bits per heavy atom. The van der Waals surface area contributed by atoms with Crippen LogP contribution in [0.2, 0.25) is 0 Å². The highest BCUT2D eigenvalue weighted by Gasteiger charge is 2.27. The first-order valence-corrected chi connectivity index (χ1v) is 12.1. The number of nitrogens with one attached hydrogen (secondary N) is 2. The molecular weight excluding hydrogens is 456 g/mol. The molecule has 2 aliphatic heterocycles. The van der Waals surface area contributed by atoms with Crippen LogP contribution < -0.4 is 20.4 Å². The molecule has 0 unspecified atom stereocenters. The van der Waals surface area contributed by atoms with E-state index in [0.717, 1.165) is 48.7 Å². The summed E-state index contributed by atoms with van der Waals surface area (Å²) in [5.41, 5.74) is 4.19. The summed E-state index contributed by atoms with van der Waals surface area (Å²) in [5.74, 6) is 2.26. The number of aromatic nitrogens is 3. The molecule has 36 heavy (non-hydrogen) atoms. The summed E-state index contributed by atoms with van der Waals surface area (Å²) in [6.07, 6.45) is 2.48. The molecule has 0 saturated carbocycles. The number of hydrogen-bond acceptors (Lipinski definition) is 8. The minimum Gasteiger partial charge on any atom is -0.378 e. The second-order valence-electron chi connectivity index (χ2n) is 8.62. The van der Waals surface area contributed by atoms with Crippen LogP contribution in [-0.4, -0.2) is 60.4 Å². The Kier molecular flexibility index (Phi) is 6.91. The van der Waals surface area contributed by atoms with Gasteiger partial charge in [0.15, 0.2) is 5.82 Å². The Morgan fingerprint density at radius 1 is 1.08 bits per heavy atom. The zero-order chi connectivity index (χ0) is 24.9. The van der Waals surface area contributed by atoms with E-state index < -0.39 is 0 Å². The third kappa shape index (κ3) is 4.92. The summed E-state index contributed by atoms with van der Waals surface area (Å²) < 4.78 is 5.57. The molecular formula is C26H28N8O2. The van der Waals surface area contributed by atoms with Crippen LogP contribution in [0, 0.1) is 11.3 Å². The lowest BCUT2D eigenvalue weighted by atomic mass is 10.0. The number of anilines is 3. The van der Waals surface area contributed by atoms with Crippen molar-refractivity contribution in [2.45, 2.75) is 19.9 Å². The molecule has 10 nitrogen and oxygen atoms in total. The Morgan fingerprint density at radius 3 is 2.64 bits per heavy atom. The summed E-state index contributed by atoms with van der Waals surface area (Å²) in [7, 11) is 0. The van der Waals surface area contributed by atoms with Gasteiger partial charge in [-0.3, -0.25) is 0 Å². The monoisotopic (exact) mass is 484 g/mol. The number of morpholine rings is 1. The van der Waals surface area contributed by atoms with E-state index >= 15 is 0 Å². The topological polar surface area (TPSA) is 119 Å². The van der Waals surface area contributed by atoms with Crippen LogP contribution in [0.5, 0.6) is 0 Å². The third-order valence-electron chi connectivity index (χ3n) is 6.30. The van der Waals surface area contributed by atoms with Crippen LogP contribution in [0.1, 0.15) is 23.7 Å². The van der Waals surface area contributed by atoms with Crippen LogP contribution in [-0.2, 0) is 17.7 Å². The molecule has 2 aliphatic rings. The summed E-state index contributed by atoms with van der Waals surface area (Å²) in [6, 6.07) is 13.1. The van der Waals surface area contributed by atoms with Crippen molar-refractivity contribution < 1.29 is 9.53 Å². The zero-order valence-corrected chi connectivity index (χ0v) is 20.2. The molecule has 10 heteroatoms. The maximum Gasteiger partial charge on any atom is 0.319 e. The number of nitriles is 1. The van der Waals surface area contributed by atoms with E-state index in [2.05, 4.69) is 31.5 Å². The fraction of sp³-hybridized carbons (Fsp3) is 0.346. The zero-order valence-electron chi connectivity index (χ0n) is 20.2. The van der Waals surface area contributed by atoms with Crippen molar-refractivity contribution in [3.8, 4) is 17.5 Å². The Balaban J connectivity index is 1.49. The number of carbonyl (C=O) groups is 1. The molecule has 0 bridgehead atoms. The van der Waals surface area contributed by atoms with E-state index in [1.54, 1.807) is 18.3 Å². The van der Waals surface area contributed by atoms with Crippen molar-refractivity contribution >= 4 is 23.4 Å². The van der Waals surface area contributed by atoms with Gasteiger partial charge in [0.05, 0.1) is 31.0 Å². The highest BCUT2D eigenvalue weighted by molar-refractivity contribution is 5.89. The molecule has 1 aromatic carbocycles. The number of fused-ring (bicyclic) bond motifs is 1. The highest BCUT2D eigenvalue weighted by Crippen LogP contribution is 2.32. The lowest BCUT2D eigenvalue weighted by Gasteiger charge is -2.34. The van der Waals surface area contributed by atoms with Gasteiger partial charge in [-0.15, -0.1) is 0 Å². The molecule has 2 N–H and O–H groups in total. The molecule has 1 saturated heterocycles. The fourth-order valence-corrected chi connectivity index (χ4v) is 4.53. The molecule has 184 valence electrons. The van der Waals surface area contributed by atoms with E-state index in [0.29, 0.717) is 49.2 Å². The van der Waals surface area contributed by atoms with Gasteiger partial charge in [-0.25, -0.2) is 19.7 Å². The normalized spacial score (nSPS) is 15.1. The van der Waals surface area contributed by atoms with Gasteiger partial charge in [-0.2, -0.15) is 5.26 Å². The number of rotatable bonds is 5. The molecule has 2 amide bonds. The average molecular weight is 485 g/mol. The Labute approximate surface area is 209 Å². The number of ether oxygens (including phenoxy) is 1. The molecule has 5 rings (SSSR count). The van der Waals surface area contributed by atoms with E-state index in [-0.39, 0.29) is 6.03 Å². The first-order chi connectivity index (χ1) is 17.7. The minimum absolute atomic E-state index is 0.240. The Bertz CT molecular complexity index is 1280. The molecule has 3 aromatic rings. The maximum atomic E-state index is 11.8. The second kappa shape index (κ2) is 10.6. The standard InChI is InChI=1S/C26H28N8O2/c1-2-28-26(35)30-20-7-5-18(6-8-20)23-31-22-17-34(24-19(16-27)4-3-10-29-24)11-9-21(22)25(32-23)33-12-14-36-15-13-33/h3-8,10H,2,9,11-15,17H2,1H3,(H2,28,30,35). The van der Waals surface area contributed by atoms with E-state index in [9.17, 15) is 10.1 Å². The second-order valence-corrected chi connectivity index (χ2v) is 8.62. The van der Waals surface area contributed by atoms with Crippen molar-refractivity contribution in [3.05, 3.63) is 59.4 Å². The van der Waals surface area contributed by atoms with Gasteiger partial charge in [-0.05, 0) is 49.7 Å². The molecule has 0 aliphatic carbocycles. The number of urea groups is 1. The highest BCUT2D eigenvalue weighted by atomic mass is 16.5. The van der Waals surface area contributed by atoms with Crippen LogP contribution in [0.4, 0.5) is 22.1 Å². The van der Waals surface area contributed by atoms with Crippen LogP contribution in [0.15, 0.2) is 42.6 Å². The summed E-state index contributed by atoms with van der Waals surface area (Å²) in [5, 5.41) is 15.1. The SMILES string of the molecule is CCNC(=O)Nc1ccc(-c2nc3c(c(N4CCOCC4)n2)CCN(c2ncccc2C#N)C3)cc1. The molecule has 4 heterocycles. The van der Waals surface area contributed by atoms with Crippen molar-refractivity contribution in [2.24, 2.45) is 0 Å². The van der Waals surface area contributed by atoms with Crippen molar-refractivity contribution in [1.82, 2.24) is 20.3 Å². The summed E-state index contributed by atoms with van der Waals surface area (Å²) in [6.45, 7) is 6.60. The van der Waals surface area contributed by atoms with Crippen LogP contribution in [0.3, 0.4) is 0 Å². The molecule has 2 aromatic heterocycles. The first-order valence-electron chi connectivity index (χ1n) is 12.1. The Hall–Kier alpha value is -4.23. The van der Waals surface area contributed by atoms with Crippen molar-refractivity contribution in [3.63, 3.8) is 0 Å². The number of benzene rings is 1. The van der Waals surface area contributed by atoms with Crippen LogP contribution in [0.25, 0.3) is 11.4 Å². The number of amides is 2. The van der Waals surface area contributed by atoms with Gasteiger partial charge in [0.25, 0.3) is 0 Å². The quantitative estimate of drug-likeness (QED) is 0.567. The lowest BCUT2D eigenvalue weighted by Crippen LogP contribution is -2.39. The predicted molar refractivity (Wildman–Crippen MR) is 137 cm³/mol. The van der Waals surface area contributed by atoms with Gasteiger partial charge in [0, 0.05) is 49.2 Å². The van der Waals surface area contributed by atoms with Gasteiger partial charge in [-0.1, -0.05) is 0 Å². The molecule has 0 atom stereocenters. The smallest absolute Gasteiger partial charge is 0.319 e. The largest absolute Gasteiger partial charge is 0.378 e. The van der Waals surface area contributed by atoms with Gasteiger partial charge in [0.1, 0.15) is 17.7 Å². The first kappa shape index (κ1) is 23.5. The minimum atomic E-state index is -0.240. The molecule has 0 spiro atoms. The number of carbonyl (C=O) groups excluding carboxylic acids is 1. The summed E-state index contributed by atoms with van der Waals surface area (Å²) in [4.78, 5) is 30.7. The van der Waals surface area contributed by atoms with E-state index in [1.165, 1.54) is 0 Å². The fourth-order valence-electron chi connectivity index (χ4n) is 4.53. The third-order valence-corrected chi connectivity index (χ3v) is 6.30. The van der Waals surface area contributed by atoms with Crippen molar-refractivity contribution in [2.75, 3.05) is 54.5 Å². The average Bonchev–Trinajstić information content (AvgIpc) is 2.93. The number of pyridine rings is 1. The maximum absolute atomic E-state index is 11.8. The number of hydrogen-bond donors (Lipinski definition) is 2. The predicted octanol–water partition coefficient (Wildman–Crippen LogP) is 2.95. The molecule has 0 radical (unpaired) electrons.